The van der Waals surface area contributed by atoms with E-state index >= 15 is 0 Å². The summed E-state index contributed by atoms with van der Waals surface area (Å²) < 4.78 is 1.93. The highest BCUT2D eigenvalue weighted by Gasteiger charge is 2.28. The highest BCUT2D eigenvalue weighted by atomic mass is 16.2. The number of piperidine rings is 1. The summed E-state index contributed by atoms with van der Waals surface area (Å²) in [6.45, 7) is 10.3. The first-order chi connectivity index (χ1) is 16.5. The molecule has 1 amide bonds. The summed E-state index contributed by atoms with van der Waals surface area (Å²) in [6, 6.07) is 8.59. The third kappa shape index (κ3) is 4.41. The minimum absolute atomic E-state index is 0.0275. The van der Waals surface area contributed by atoms with E-state index in [2.05, 4.69) is 57.7 Å². The molecule has 5 rings (SSSR count). The third-order valence-electron chi connectivity index (χ3n) is 6.98. The predicted molar refractivity (Wildman–Crippen MR) is 133 cm³/mol. The second-order valence-electron chi connectivity index (χ2n) is 9.31. The van der Waals surface area contributed by atoms with Crippen LogP contribution in [0.25, 0.3) is 22.3 Å². The van der Waals surface area contributed by atoms with Gasteiger partial charge in [-0.05, 0) is 31.5 Å². The topological polar surface area (TPSA) is 96.4 Å². The molecule has 178 valence electrons. The Labute approximate surface area is 199 Å². The van der Waals surface area contributed by atoms with Gasteiger partial charge in [-0.2, -0.15) is 5.10 Å². The molecule has 0 aliphatic carbocycles. The Morgan fingerprint density at radius 2 is 1.91 bits per heavy atom. The molecule has 0 spiro atoms. The van der Waals surface area contributed by atoms with Crippen molar-refractivity contribution >= 4 is 22.8 Å². The van der Waals surface area contributed by atoms with E-state index in [1.165, 1.54) is 18.0 Å². The minimum Gasteiger partial charge on any atom is -0.383 e. The number of rotatable bonds is 5. The Bertz CT molecular complexity index is 1180. The average molecular weight is 461 g/mol. The van der Waals surface area contributed by atoms with E-state index in [4.69, 9.17) is 10.8 Å². The molecule has 2 fully saturated rings. The van der Waals surface area contributed by atoms with Crippen molar-refractivity contribution in [2.24, 2.45) is 0 Å². The van der Waals surface area contributed by atoms with Gasteiger partial charge in [-0.25, -0.2) is 14.6 Å². The van der Waals surface area contributed by atoms with Crippen molar-refractivity contribution in [1.82, 2.24) is 34.4 Å². The quantitative estimate of drug-likeness (QED) is 0.583. The number of carbonyl (C=O) groups excluding carboxylic acids is 1. The first-order valence-electron chi connectivity index (χ1n) is 11.9. The number of aromatic nitrogens is 4. The maximum Gasteiger partial charge on any atom is 0.246 e. The summed E-state index contributed by atoms with van der Waals surface area (Å²) in [5.74, 6) is 0.370. The van der Waals surface area contributed by atoms with Gasteiger partial charge < -0.3 is 15.5 Å². The maximum atomic E-state index is 12.2. The van der Waals surface area contributed by atoms with Gasteiger partial charge in [-0.1, -0.05) is 30.8 Å². The Kier molecular flexibility index (Phi) is 6.30. The minimum atomic E-state index is -0.0496. The number of nitrogens with two attached hydrogens (primary N) is 1. The first-order valence-corrected chi connectivity index (χ1v) is 11.9. The fraction of sp³-hybridized carbons (Fsp3) is 0.440. The zero-order valence-electron chi connectivity index (χ0n) is 19.7. The van der Waals surface area contributed by atoms with Gasteiger partial charge in [0.2, 0.25) is 5.91 Å². The van der Waals surface area contributed by atoms with Gasteiger partial charge in [0.15, 0.2) is 5.65 Å². The number of likely N-dealkylation sites (N-methyl/N-ethyl adjacent to an activating group) is 1. The molecule has 34 heavy (non-hydrogen) atoms. The predicted octanol–water partition coefficient (Wildman–Crippen LogP) is 2.17. The molecule has 0 radical (unpaired) electrons. The fourth-order valence-electron chi connectivity index (χ4n) is 4.97. The number of carbonyl (C=O) groups is 1. The molecule has 0 unspecified atom stereocenters. The molecule has 9 heteroatoms. The number of hydrogen-bond donors (Lipinski definition) is 1. The molecule has 2 aliphatic heterocycles. The summed E-state index contributed by atoms with van der Waals surface area (Å²) in [7, 11) is 2.17. The molecular formula is C25H32N8O. The van der Waals surface area contributed by atoms with E-state index in [1.54, 1.807) is 0 Å². The van der Waals surface area contributed by atoms with Crippen molar-refractivity contribution in [2.75, 3.05) is 52.0 Å². The zero-order valence-corrected chi connectivity index (χ0v) is 19.7. The summed E-state index contributed by atoms with van der Waals surface area (Å²) >= 11 is 0. The molecule has 1 aromatic carbocycles. The molecular weight excluding hydrogens is 428 g/mol. The molecule has 2 aliphatic rings. The highest BCUT2D eigenvalue weighted by molar-refractivity contribution is 5.98. The number of fused-ring (bicyclic) bond motifs is 1. The molecule has 0 bridgehead atoms. The van der Waals surface area contributed by atoms with Crippen LogP contribution in [0.2, 0.25) is 0 Å². The van der Waals surface area contributed by atoms with Gasteiger partial charge in [0.25, 0.3) is 0 Å². The molecule has 9 nitrogen and oxygen atoms in total. The van der Waals surface area contributed by atoms with Crippen molar-refractivity contribution in [2.45, 2.75) is 25.4 Å². The van der Waals surface area contributed by atoms with Crippen molar-refractivity contribution in [3.05, 3.63) is 48.8 Å². The number of likely N-dealkylation sites (tertiary alicyclic amines) is 1. The molecule has 0 saturated carbocycles. The van der Waals surface area contributed by atoms with Gasteiger partial charge in [0.1, 0.15) is 17.8 Å². The van der Waals surface area contributed by atoms with Crippen LogP contribution in [0.1, 0.15) is 24.4 Å². The van der Waals surface area contributed by atoms with E-state index in [0.29, 0.717) is 18.0 Å². The van der Waals surface area contributed by atoms with Gasteiger partial charge in [0.05, 0.1) is 11.4 Å². The number of anilines is 1. The van der Waals surface area contributed by atoms with Crippen LogP contribution < -0.4 is 5.73 Å². The van der Waals surface area contributed by atoms with Crippen molar-refractivity contribution in [3.63, 3.8) is 0 Å². The second kappa shape index (κ2) is 9.52. The standard InChI is InChI=1S/C25H32N8O/c1-3-21(34)32-10-4-5-20(16-32)33-25-22(24(26)27-17-28-25)23(29-33)19-8-6-18(7-9-19)15-31-13-11-30(2)12-14-31/h3,6-9,17,20H,1,4-5,10-16H2,2H3,(H2,26,27,28)/t20-/m1/s1. The lowest BCUT2D eigenvalue weighted by molar-refractivity contribution is -0.127. The lowest BCUT2D eigenvalue weighted by Gasteiger charge is -2.32. The number of amides is 1. The molecule has 3 aromatic rings. The van der Waals surface area contributed by atoms with Gasteiger partial charge >= 0.3 is 0 Å². The molecule has 2 N–H and O–H groups in total. The molecule has 2 saturated heterocycles. The van der Waals surface area contributed by atoms with Gasteiger partial charge in [0, 0.05) is 51.4 Å². The Morgan fingerprint density at radius 1 is 1.15 bits per heavy atom. The number of hydrogen-bond acceptors (Lipinski definition) is 7. The van der Waals surface area contributed by atoms with Crippen molar-refractivity contribution in [3.8, 4) is 11.3 Å². The van der Waals surface area contributed by atoms with Crippen LogP contribution in [-0.4, -0.2) is 86.7 Å². The van der Waals surface area contributed by atoms with Crippen molar-refractivity contribution in [1.29, 1.82) is 0 Å². The summed E-state index contributed by atoms with van der Waals surface area (Å²) in [6.07, 6.45) is 4.68. The Morgan fingerprint density at radius 3 is 2.65 bits per heavy atom. The first kappa shape index (κ1) is 22.5. The highest BCUT2D eigenvalue weighted by Crippen LogP contribution is 2.34. The number of nitrogens with zero attached hydrogens (tertiary/aromatic N) is 7. The number of piperazine rings is 1. The van der Waals surface area contributed by atoms with Crippen LogP contribution in [0.15, 0.2) is 43.2 Å². The lowest BCUT2D eigenvalue weighted by atomic mass is 10.1. The summed E-state index contributed by atoms with van der Waals surface area (Å²) in [5.41, 5.74) is 10.1. The molecule has 2 aromatic heterocycles. The lowest BCUT2D eigenvalue weighted by Crippen LogP contribution is -2.43. The Hall–Kier alpha value is -3.30. The van der Waals surface area contributed by atoms with Gasteiger partial charge in [-0.3, -0.25) is 9.69 Å². The van der Waals surface area contributed by atoms with Crippen LogP contribution >= 0.6 is 0 Å². The molecule has 4 heterocycles. The van der Waals surface area contributed by atoms with E-state index in [-0.39, 0.29) is 11.9 Å². The van der Waals surface area contributed by atoms with E-state index in [0.717, 1.165) is 68.8 Å². The van der Waals surface area contributed by atoms with Crippen LogP contribution in [0, 0.1) is 0 Å². The zero-order chi connectivity index (χ0) is 23.7. The van der Waals surface area contributed by atoms with Crippen LogP contribution in [0.3, 0.4) is 0 Å². The second-order valence-corrected chi connectivity index (χ2v) is 9.31. The molecule has 1 atom stereocenters. The van der Waals surface area contributed by atoms with Gasteiger partial charge in [-0.15, -0.1) is 0 Å². The normalized spacial score (nSPS) is 20.0. The largest absolute Gasteiger partial charge is 0.383 e. The van der Waals surface area contributed by atoms with Crippen LogP contribution in [0.5, 0.6) is 0 Å². The third-order valence-corrected chi connectivity index (χ3v) is 6.98. The van der Waals surface area contributed by atoms with E-state index < -0.39 is 0 Å². The maximum absolute atomic E-state index is 12.2. The average Bonchev–Trinajstić information content (AvgIpc) is 3.26. The van der Waals surface area contributed by atoms with Crippen LogP contribution in [0.4, 0.5) is 5.82 Å². The Balaban J connectivity index is 1.43. The van der Waals surface area contributed by atoms with E-state index in [9.17, 15) is 4.79 Å². The fourth-order valence-corrected chi connectivity index (χ4v) is 4.97. The van der Waals surface area contributed by atoms with Crippen molar-refractivity contribution < 1.29 is 4.79 Å². The number of nitrogen functional groups attached to an aromatic ring is 1. The van der Waals surface area contributed by atoms with Crippen LogP contribution in [-0.2, 0) is 11.3 Å². The smallest absolute Gasteiger partial charge is 0.246 e. The van der Waals surface area contributed by atoms with E-state index in [1.807, 2.05) is 9.58 Å². The SMILES string of the molecule is C=CC(=O)N1CCC[C@@H](n2nc(-c3ccc(CN4CCN(C)CC4)cc3)c3c(N)ncnc32)C1. The number of benzene rings is 1. The summed E-state index contributed by atoms with van der Waals surface area (Å²) in [4.78, 5) is 27.7. The summed E-state index contributed by atoms with van der Waals surface area (Å²) in [5, 5.41) is 5.74. The monoisotopic (exact) mass is 460 g/mol.